The molecule has 0 aliphatic heterocycles. The van der Waals surface area contributed by atoms with Gasteiger partial charge in [0.1, 0.15) is 0 Å². The topological polar surface area (TPSA) is 0 Å². The maximum atomic E-state index is 3.22. The standard InChI is InChI=1S/C10H18Se/c1-3-5-6-7-8-9-10-11-4-2/h3-8H2,1-2H3. The second kappa shape index (κ2) is 10.1. The predicted molar refractivity (Wildman–Crippen MR) is 52.8 cm³/mol. The van der Waals surface area contributed by atoms with Gasteiger partial charge in [0.25, 0.3) is 0 Å². The SMILES string of the molecule is CCCCCCC#C[Se]CC. The third kappa shape index (κ3) is 10.1. The molecule has 0 aromatic rings. The zero-order chi connectivity index (χ0) is 8.36. The molecule has 0 aliphatic rings. The van der Waals surface area contributed by atoms with Crippen LogP contribution < -0.4 is 0 Å². The third-order valence-corrected chi connectivity index (χ3v) is 2.66. The molecular formula is C10H18Se. The van der Waals surface area contributed by atoms with Gasteiger partial charge in [0.15, 0.2) is 0 Å². The van der Waals surface area contributed by atoms with Crippen molar-refractivity contribution in [3.8, 4) is 10.7 Å². The molecule has 64 valence electrons. The van der Waals surface area contributed by atoms with E-state index in [2.05, 4.69) is 24.6 Å². The summed E-state index contributed by atoms with van der Waals surface area (Å²) in [5.74, 6) is 3.22. The zero-order valence-electron chi connectivity index (χ0n) is 7.65. The zero-order valence-corrected chi connectivity index (χ0v) is 9.36. The fraction of sp³-hybridized carbons (Fsp3) is 0.800. The molecule has 0 aromatic carbocycles. The van der Waals surface area contributed by atoms with E-state index >= 15 is 0 Å². The van der Waals surface area contributed by atoms with Crippen molar-refractivity contribution >= 4 is 15.0 Å². The Hall–Kier alpha value is 0.0795. The summed E-state index contributed by atoms with van der Waals surface area (Å²) in [7, 11) is 0. The Kier molecular flexibility index (Phi) is 10.2. The fourth-order valence-electron chi connectivity index (χ4n) is 0.814. The van der Waals surface area contributed by atoms with Crippen LogP contribution in [0.3, 0.4) is 0 Å². The summed E-state index contributed by atoms with van der Waals surface area (Å²) in [6, 6.07) is 0. The van der Waals surface area contributed by atoms with Crippen LogP contribution in [0.5, 0.6) is 0 Å². The van der Waals surface area contributed by atoms with Crippen LogP contribution in [-0.2, 0) is 0 Å². The number of rotatable bonds is 5. The Morgan fingerprint density at radius 1 is 1.09 bits per heavy atom. The molecule has 0 heterocycles. The van der Waals surface area contributed by atoms with Gasteiger partial charge in [-0.3, -0.25) is 0 Å². The summed E-state index contributed by atoms with van der Waals surface area (Å²) < 4.78 is 0. The van der Waals surface area contributed by atoms with Crippen LogP contribution in [0, 0.1) is 10.7 Å². The molecular weight excluding hydrogens is 199 g/mol. The van der Waals surface area contributed by atoms with Gasteiger partial charge in [-0.25, -0.2) is 0 Å². The number of hydrogen-bond donors (Lipinski definition) is 0. The molecule has 0 atom stereocenters. The molecule has 1 heteroatoms. The van der Waals surface area contributed by atoms with Crippen LogP contribution in [0.4, 0.5) is 0 Å². The van der Waals surface area contributed by atoms with Crippen LogP contribution >= 0.6 is 0 Å². The quantitative estimate of drug-likeness (QED) is 0.377. The fourth-order valence-corrected chi connectivity index (χ4v) is 1.55. The minimum absolute atomic E-state index is 0.602. The van der Waals surface area contributed by atoms with E-state index in [0.29, 0.717) is 15.0 Å². The van der Waals surface area contributed by atoms with Crippen molar-refractivity contribution in [2.24, 2.45) is 0 Å². The van der Waals surface area contributed by atoms with Crippen LogP contribution in [0.25, 0.3) is 0 Å². The second-order valence-corrected chi connectivity index (χ2v) is 4.77. The Balaban J connectivity index is 2.96. The predicted octanol–water partition coefficient (Wildman–Crippen LogP) is 3.06. The normalized spacial score (nSPS) is 8.91. The number of unbranched alkanes of at least 4 members (excludes halogenated alkanes) is 4. The van der Waals surface area contributed by atoms with Gasteiger partial charge in [-0.1, -0.05) is 0 Å². The average Bonchev–Trinajstić information content (AvgIpc) is 2.03. The van der Waals surface area contributed by atoms with Crippen LogP contribution in [0.2, 0.25) is 5.32 Å². The minimum atomic E-state index is 0.602. The molecule has 0 radical (unpaired) electrons. The summed E-state index contributed by atoms with van der Waals surface area (Å²) in [5, 5.41) is 1.26. The van der Waals surface area contributed by atoms with E-state index < -0.39 is 0 Å². The van der Waals surface area contributed by atoms with Crippen molar-refractivity contribution in [3.63, 3.8) is 0 Å². The van der Waals surface area contributed by atoms with Crippen LogP contribution in [0.1, 0.15) is 46.0 Å². The first kappa shape index (κ1) is 11.1. The molecule has 0 rings (SSSR count). The molecule has 0 amide bonds. The molecule has 11 heavy (non-hydrogen) atoms. The van der Waals surface area contributed by atoms with Crippen molar-refractivity contribution in [2.45, 2.75) is 51.3 Å². The molecule has 0 saturated carbocycles. The monoisotopic (exact) mass is 218 g/mol. The van der Waals surface area contributed by atoms with E-state index in [0.717, 1.165) is 6.42 Å². The summed E-state index contributed by atoms with van der Waals surface area (Å²) in [5.41, 5.74) is 0. The van der Waals surface area contributed by atoms with Crippen molar-refractivity contribution in [1.29, 1.82) is 0 Å². The molecule has 0 bridgehead atoms. The van der Waals surface area contributed by atoms with Gasteiger partial charge in [0, 0.05) is 0 Å². The van der Waals surface area contributed by atoms with E-state index in [9.17, 15) is 0 Å². The Labute approximate surface area is 77.3 Å². The van der Waals surface area contributed by atoms with Crippen molar-refractivity contribution in [1.82, 2.24) is 0 Å². The summed E-state index contributed by atoms with van der Waals surface area (Å²) >= 11 is 0.602. The Bertz CT molecular complexity index is 119. The first-order chi connectivity index (χ1) is 5.41. The van der Waals surface area contributed by atoms with Gasteiger partial charge in [0.05, 0.1) is 0 Å². The molecule has 0 fully saturated rings. The summed E-state index contributed by atoms with van der Waals surface area (Å²) in [6.07, 6.45) is 6.50. The van der Waals surface area contributed by atoms with Gasteiger partial charge >= 0.3 is 77.0 Å². The average molecular weight is 217 g/mol. The van der Waals surface area contributed by atoms with Gasteiger partial charge in [0.2, 0.25) is 0 Å². The third-order valence-electron chi connectivity index (χ3n) is 1.44. The van der Waals surface area contributed by atoms with E-state index in [1.807, 2.05) is 0 Å². The van der Waals surface area contributed by atoms with E-state index in [-0.39, 0.29) is 0 Å². The second-order valence-electron chi connectivity index (χ2n) is 2.52. The van der Waals surface area contributed by atoms with Gasteiger partial charge < -0.3 is 0 Å². The Morgan fingerprint density at radius 2 is 1.91 bits per heavy atom. The van der Waals surface area contributed by atoms with Gasteiger partial charge in [-0.05, 0) is 0 Å². The van der Waals surface area contributed by atoms with Crippen LogP contribution in [-0.4, -0.2) is 15.0 Å². The Morgan fingerprint density at radius 3 is 2.55 bits per heavy atom. The molecule has 0 N–H and O–H groups in total. The van der Waals surface area contributed by atoms with E-state index in [1.165, 1.54) is 31.0 Å². The van der Waals surface area contributed by atoms with E-state index in [4.69, 9.17) is 0 Å². The maximum absolute atomic E-state index is 3.22. The molecule has 0 unspecified atom stereocenters. The van der Waals surface area contributed by atoms with Crippen LogP contribution in [0.15, 0.2) is 0 Å². The molecule has 0 nitrogen and oxygen atoms in total. The molecule has 0 aromatic heterocycles. The van der Waals surface area contributed by atoms with E-state index in [1.54, 1.807) is 0 Å². The van der Waals surface area contributed by atoms with Crippen molar-refractivity contribution < 1.29 is 0 Å². The van der Waals surface area contributed by atoms with Crippen molar-refractivity contribution in [2.75, 3.05) is 0 Å². The summed E-state index contributed by atoms with van der Waals surface area (Å²) in [4.78, 5) is 3.22. The van der Waals surface area contributed by atoms with Gasteiger partial charge in [-0.2, -0.15) is 0 Å². The van der Waals surface area contributed by atoms with Gasteiger partial charge in [-0.15, -0.1) is 0 Å². The molecule has 0 aliphatic carbocycles. The number of hydrogen-bond acceptors (Lipinski definition) is 0. The molecule has 0 saturated heterocycles. The first-order valence-electron chi connectivity index (χ1n) is 4.51. The van der Waals surface area contributed by atoms with Crippen molar-refractivity contribution in [3.05, 3.63) is 0 Å². The molecule has 0 spiro atoms. The summed E-state index contributed by atoms with van der Waals surface area (Å²) in [6.45, 7) is 4.44. The first-order valence-corrected chi connectivity index (χ1v) is 6.58.